The van der Waals surface area contributed by atoms with Crippen LogP contribution in [-0.2, 0) is 0 Å². The lowest BCUT2D eigenvalue weighted by molar-refractivity contribution is 0.0994. The molecule has 1 rings (SSSR count). The van der Waals surface area contributed by atoms with E-state index in [0.29, 0.717) is 5.82 Å². The highest BCUT2D eigenvalue weighted by Gasteiger charge is 2.14. The number of rotatable bonds is 5. The van der Waals surface area contributed by atoms with E-state index in [1.165, 1.54) is 0 Å². The van der Waals surface area contributed by atoms with Gasteiger partial charge in [-0.15, -0.1) is 10.2 Å². The molecule has 0 fully saturated rings. The van der Waals surface area contributed by atoms with Crippen molar-refractivity contribution in [3.8, 4) is 0 Å². The molecule has 1 aromatic heterocycles. The molecule has 0 aliphatic rings. The molecule has 0 saturated heterocycles. The van der Waals surface area contributed by atoms with Crippen LogP contribution in [0.1, 0.15) is 37.7 Å². The van der Waals surface area contributed by atoms with Gasteiger partial charge in [0, 0.05) is 6.54 Å². The van der Waals surface area contributed by atoms with Crippen molar-refractivity contribution < 1.29 is 4.79 Å². The smallest absolute Gasteiger partial charge is 0.269 e. The summed E-state index contributed by atoms with van der Waals surface area (Å²) in [6.45, 7) is 7.30. The fourth-order valence-corrected chi connectivity index (χ4v) is 1.01. The Morgan fingerprint density at radius 3 is 2.56 bits per heavy atom. The number of nitrogens with one attached hydrogen (secondary N) is 1. The molecule has 0 atom stereocenters. The summed E-state index contributed by atoms with van der Waals surface area (Å²) in [6.07, 6.45) is 1.08. The molecule has 3 N–H and O–H groups in total. The molecule has 16 heavy (non-hydrogen) atoms. The lowest BCUT2D eigenvalue weighted by atomic mass is 9.90. The van der Waals surface area contributed by atoms with Crippen molar-refractivity contribution in [2.75, 3.05) is 11.9 Å². The molecule has 0 aromatic carbocycles. The fourth-order valence-electron chi connectivity index (χ4n) is 1.01. The molecule has 0 saturated carbocycles. The maximum absolute atomic E-state index is 10.8. The van der Waals surface area contributed by atoms with Crippen LogP contribution >= 0.6 is 0 Å². The van der Waals surface area contributed by atoms with E-state index >= 15 is 0 Å². The van der Waals surface area contributed by atoms with E-state index in [4.69, 9.17) is 5.73 Å². The monoisotopic (exact) mass is 222 g/mol. The maximum Gasteiger partial charge on any atom is 0.269 e. The van der Waals surface area contributed by atoms with Gasteiger partial charge in [-0.3, -0.25) is 4.79 Å². The van der Waals surface area contributed by atoms with Crippen LogP contribution in [0.25, 0.3) is 0 Å². The second-order valence-electron chi connectivity index (χ2n) is 4.54. The van der Waals surface area contributed by atoms with Crippen molar-refractivity contribution in [3.05, 3.63) is 17.8 Å². The molecule has 1 amide bonds. The summed E-state index contributed by atoms with van der Waals surface area (Å²) in [5.41, 5.74) is 5.46. The predicted octanol–water partition coefficient (Wildman–Crippen LogP) is 1.42. The first kappa shape index (κ1) is 12.4. The molecule has 0 aliphatic carbocycles. The van der Waals surface area contributed by atoms with Gasteiger partial charge in [0.1, 0.15) is 5.82 Å². The van der Waals surface area contributed by atoms with E-state index in [1.807, 2.05) is 0 Å². The first-order valence-corrected chi connectivity index (χ1v) is 5.32. The van der Waals surface area contributed by atoms with Gasteiger partial charge in [0.25, 0.3) is 5.91 Å². The van der Waals surface area contributed by atoms with Gasteiger partial charge in [0.05, 0.1) is 0 Å². The van der Waals surface area contributed by atoms with E-state index in [-0.39, 0.29) is 11.1 Å². The van der Waals surface area contributed by atoms with E-state index in [9.17, 15) is 4.79 Å². The third-order valence-electron chi connectivity index (χ3n) is 2.62. The summed E-state index contributed by atoms with van der Waals surface area (Å²) in [7, 11) is 0. The molecular formula is C11H18N4O. The Labute approximate surface area is 95.4 Å². The maximum atomic E-state index is 10.8. The van der Waals surface area contributed by atoms with Crippen molar-refractivity contribution in [2.24, 2.45) is 11.1 Å². The number of primary amides is 1. The van der Waals surface area contributed by atoms with E-state index in [1.54, 1.807) is 12.1 Å². The summed E-state index contributed by atoms with van der Waals surface area (Å²) in [5.74, 6) is 0.0967. The molecular weight excluding hydrogens is 204 g/mol. The molecule has 0 unspecified atom stereocenters. The average molecular weight is 222 g/mol. The van der Waals surface area contributed by atoms with Crippen molar-refractivity contribution in [1.29, 1.82) is 0 Å². The van der Waals surface area contributed by atoms with Crippen LogP contribution in [0, 0.1) is 5.41 Å². The Bertz CT molecular complexity index is 359. The van der Waals surface area contributed by atoms with Crippen LogP contribution in [0.5, 0.6) is 0 Å². The molecule has 0 bridgehead atoms. The number of amides is 1. The summed E-state index contributed by atoms with van der Waals surface area (Å²) in [4.78, 5) is 10.8. The molecule has 1 heterocycles. The molecule has 5 nitrogen and oxygen atoms in total. The quantitative estimate of drug-likeness (QED) is 0.789. The molecule has 1 aromatic rings. The molecule has 0 spiro atoms. The van der Waals surface area contributed by atoms with Crippen LogP contribution in [0.4, 0.5) is 5.82 Å². The fraction of sp³-hybridized carbons (Fsp3) is 0.545. The van der Waals surface area contributed by atoms with Gasteiger partial charge in [-0.25, -0.2) is 0 Å². The zero-order valence-electron chi connectivity index (χ0n) is 9.95. The predicted molar refractivity (Wildman–Crippen MR) is 63.1 cm³/mol. The number of nitrogens with two attached hydrogens (primary N) is 1. The highest BCUT2D eigenvalue weighted by Crippen LogP contribution is 2.19. The SMILES string of the molecule is CCC(C)(C)CNc1ccc(C(N)=O)nn1. The van der Waals surface area contributed by atoms with Gasteiger partial charge < -0.3 is 11.1 Å². The lowest BCUT2D eigenvalue weighted by Crippen LogP contribution is -2.23. The van der Waals surface area contributed by atoms with E-state index in [0.717, 1.165) is 13.0 Å². The van der Waals surface area contributed by atoms with E-state index < -0.39 is 5.91 Å². The van der Waals surface area contributed by atoms with Gasteiger partial charge in [-0.1, -0.05) is 20.8 Å². The molecule has 88 valence electrons. The number of aromatic nitrogens is 2. The summed E-state index contributed by atoms with van der Waals surface area (Å²) in [5, 5.41) is 10.8. The third kappa shape index (κ3) is 3.49. The summed E-state index contributed by atoms with van der Waals surface area (Å²) in [6, 6.07) is 3.27. The van der Waals surface area contributed by atoms with Crippen molar-refractivity contribution in [2.45, 2.75) is 27.2 Å². The van der Waals surface area contributed by atoms with Crippen LogP contribution in [-0.4, -0.2) is 22.6 Å². The van der Waals surface area contributed by atoms with Crippen molar-refractivity contribution in [3.63, 3.8) is 0 Å². The summed E-state index contributed by atoms with van der Waals surface area (Å²) < 4.78 is 0. The second-order valence-corrected chi connectivity index (χ2v) is 4.54. The summed E-state index contributed by atoms with van der Waals surface area (Å²) >= 11 is 0. The zero-order chi connectivity index (χ0) is 12.2. The number of nitrogens with zero attached hydrogens (tertiary/aromatic N) is 2. The van der Waals surface area contributed by atoms with Gasteiger partial charge in [0.15, 0.2) is 5.69 Å². The van der Waals surface area contributed by atoms with Crippen LogP contribution in [0.15, 0.2) is 12.1 Å². The van der Waals surface area contributed by atoms with Crippen molar-refractivity contribution in [1.82, 2.24) is 10.2 Å². The van der Waals surface area contributed by atoms with Crippen LogP contribution < -0.4 is 11.1 Å². The minimum Gasteiger partial charge on any atom is -0.368 e. The van der Waals surface area contributed by atoms with Gasteiger partial charge in [0.2, 0.25) is 0 Å². The van der Waals surface area contributed by atoms with E-state index in [2.05, 4.69) is 36.3 Å². The minimum atomic E-state index is -0.562. The highest BCUT2D eigenvalue weighted by molar-refractivity contribution is 5.90. The number of hydrogen-bond donors (Lipinski definition) is 2. The number of carbonyl (C=O) groups is 1. The van der Waals surface area contributed by atoms with Crippen LogP contribution in [0.2, 0.25) is 0 Å². The minimum absolute atomic E-state index is 0.181. The number of hydrogen-bond acceptors (Lipinski definition) is 4. The first-order valence-electron chi connectivity index (χ1n) is 5.32. The van der Waals surface area contributed by atoms with Gasteiger partial charge in [-0.05, 0) is 24.0 Å². The normalized spacial score (nSPS) is 11.2. The Morgan fingerprint density at radius 1 is 1.44 bits per heavy atom. The Kier molecular flexibility index (Phi) is 3.82. The Balaban J connectivity index is 2.59. The van der Waals surface area contributed by atoms with Gasteiger partial charge in [-0.2, -0.15) is 0 Å². The lowest BCUT2D eigenvalue weighted by Gasteiger charge is -2.22. The zero-order valence-corrected chi connectivity index (χ0v) is 9.95. The largest absolute Gasteiger partial charge is 0.368 e. The van der Waals surface area contributed by atoms with Crippen molar-refractivity contribution >= 4 is 11.7 Å². The first-order chi connectivity index (χ1) is 7.44. The van der Waals surface area contributed by atoms with Gasteiger partial charge >= 0.3 is 0 Å². The Morgan fingerprint density at radius 2 is 2.12 bits per heavy atom. The molecule has 0 radical (unpaired) electrons. The van der Waals surface area contributed by atoms with Crippen LogP contribution in [0.3, 0.4) is 0 Å². The average Bonchev–Trinajstić information content (AvgIpc) is 2.27. The standard InChI is InChI=1S/C11H18N4O/c1-4-11(2,3)7-13-9-6-5-8(10(12)16)14-15-9/h5-6H,4,7H2,1-3H3,(H2,12,16)(H,13,15). The second kappa shape index (κ2) is 4.92. The Hall–Kier alpha value is -1.65. The highest BCUT2D eigenvalue weighted by atomic mass is 16.1. The molecule has 5 heteroatoms. The number of anilines is 1. The third-order valence-corrected chi connectivity index (χ3v) is 2.62. The molecule has 0 aliphatic heterocycles. The topological polar surface area (TPSA) is 80.9 Å². The number of carbonyl (C=O) groups excluding carboxylic acids is 1.